The molecule has 186 valence electrons. The lowest BCUT2D eigenvalue weighted by atomic mass is 9.97. The minimum absolute atomic E-state index is 0.0408. The minimum atomic E-state index is -1.40. The number of methoxy groups -OCH3 is 1. The molecule has 0 aliphatic carbocycles. The molecule has 0 aliphatic heterocycles. The molecule has 0 fully saturated rings. The summed E-state index contributed by atoms with van der Waals surface area (Å²) in [6, 6.07) is 18.1. The number of nitrogens with zero attached hydrogens (tertiary/aromatic N) is 2. The molecule has 1 aromatic heterocycles. The topological polar surface area (TPSA) is 192 Å². The first-order chi connectivity index (χ1) is 17.3. The van der Waals surface area contributed by atoms with Gasteiger partial charge in [0.2, 0.25) is 0 Å². The van der Waals surface area contributed by atoms with Gasteiger partial charge in [-0.1, -0.05) is 30.3 Å². The number of rotatable bonds is 10. The second-order valence-electron chi connectivity index (χ2n) is 7.39. The number of nitrogens with one attached hydrogen (secondary N) is 3. The van der Waals surface area contributed by atoms with Gasteiger partial charge in [0.1, 0.15) is 23.2 Å². The molecule has 0 saturated heterocycles. The van der Waals surface area contributed by atoms with Crippen LogP contribution < -0.4 is 26.4 Å². The smallest absolute Gasteiger partial charge is 0.407 e. The maximum Gasteiger partial charge on any atom is 0.407 e. The third-order valence-electron chi connectivity index (χ3n) is 4.94. The predicted octanol–water partition coefficient (Wildman–Crippen LogP) is 2.76. The summed E-state index contributed by atoms with van der Waals surface area (Å²) in [6.07, 6.45) is -4.03. The van der Waals surface area contributed by atoms with Crippen LogP contribution in [0.5, 0.6) is 5.75 Å². The highest BCUT2D eigenvalue weighted by Gasteiger charge is 2.17. The second-order valence-corrected chi connectivity index (χ2v) is 7.39. The Balaban J connectivity index is 1.96. The van der Waals surface area contributed by atoms with Crippen molar-refractivity contribution in [1.29, 1.82) is 5.26 Å². The molecule has 3 rings (SSSR count). The largest absolute Gasteiger partial charge is 0.467 e. The number of amides is 2. The first-order valence-electron chi connectivity index (χ1n) is 10.6. The molecule has 36 heavy (non-hydrogen) atoms. The number of para-hydroxylation sites is 1. The average molecular weight is 492 g/mol. The SMILES string of the molecule is COCOc1ccccc1-c1cc(-c2cccc(CNC(NC(=O)O)NC(=O)O)c2)c(C#N)c(N)n1. The van der Waals surface area contributed by atoms with E-state index in [-0.39, 0.29) is 24.7 Å². The summed E-state index contributed by atoms with van der Waals surface area (Å²) in [7, 11) is 1.51. The molecular weight excluding hydrogens is 468 g/mol. The van der Waals surface area contributed by atoms with Gasteiger partial charge in [0.05, 0.1) is 5.69 Å². The summed E-state index contributed by atoms with van der Waals surface area (Å²) >= 11 is 0. The summed E-state index contributed by atoms with van der Waals surface area (Å²) in [6.45, 7) is 0.154. The number of hydrogen-bond donors (Lipinski definition) is 6. The number of benzene rings is 2. The van der Waals surface area contributed by atoms with Crippen LogP contribution in [0, 0.1) is 11.3 Å². The quantitative estimate of drug-likeness (QED) is 0.229. The summed E-state index contributed by atoms with van der Waals surface area (Å²) in [5.41, 5.74) is 9.38. The molecule has 2 aromatic carbocycles. The Morgan fingerprint density at radius 2 is 1.81 bits per heavy atom. The van der Waals surface area contributed by atoms with Gasteiger partial charge in [-0.05, 0) is 35.4 Å². The van der Waals surface area contributed by atoms with E-state index in [1.807, 2.05) is 28.8 Å². The van der Waals surface area contributed by atoms with Crippen LogP contribution in [0.4, 0.5) is 15.4 Å². The molecule has 1 heterocycles. The number of ether oxygens (including phenoxy) is 2. The van der Waals surface area contributed by atoms with Gasteiger partial charge in [-0.25, -0.2) is 14.6 Å². The summed E-state index contributed by atoms with van der Waals surface area (Å²) < 4.78 is 10.6. The van der Waals surface area contributed by atoms with Gasteiger partial charge in [-0.3, -0.25) is 16.0 Å². The van der Waals surface area contributed by atoms with Gasteiger partial charge in [0.25, 0.3) is 0 Å². The maximum absolute atomic E-state index is 10.9. The average Bonchev–Trinajstić information content (AvgIpc) is 2.85. The Labute approximate surface area is 206 Å². The fraction of sp³-hybridized carbons (Fsp3) is 0.167. The summed E-state index contributed by atoms with van der Waals surface area (Å²) in [5.74, 6) is 0.578. The molecule has 2 amide bonds. The van der Waals surface area contributed by atoms with Gasteiger partial charge in [-0.15, -0.1) is 0 Å². The van der Waals surface area contributed by atoms with E-state index in [0.29, 0.717) is 33.7 Å². The van der Waals surface area contributed by atoms with Crippen molar-refractivity contribution in [3.8, 4) is 34.2 Å². The lowest BCUT2D eigenvalue weighted by molar-refractivity contribution is 0.0515. The fourth-order valence-corrected chi connectivity index (χ4v) is 3.43. The van der Waals surface area contributed by atoms with Crippen LogP contribution in [0.2, 0.25) is 0 Å². The van der Waals surface area contributed by atoms with Crippen molar-refractivity contribution < 1.29 is 29.3 Å². The van der Waals surface area contributed by atoms with E-state index in [0.717, 1.165) is 0 Å². The molecule has 12 heteroatoms. The first kappa shape index (κ1) is 25.8. The van der Waals surface area contributed by atoms with E-state index >= 15 is 0 Å². The van der Waals surface area contributed by atoms with Crippen LogP contribution in [0.3, 0.4) is 0 Å². The molecule has 7 N–H and O–H groups in total. The van der Waals surface area contributed by atoms with Crippen molar-refractivity contribution in [1.82, 2.24) is 20.9 Å². The zero-order chi connectivity index (χ0) is 26.1. The highest BCUT2D eigenvalue weighted by atomic mass is 16.7. The van der Waals surface area contributed by atoms with Crippen molar-refractivity contribution in [3.63, 3.8) is 0 Å². The van der Waals surface area contributed by atoms with Crippen LogP contribution in [0.25, 0.3) is 22.4 Å². The zero-order valence-corrected chi connectivity index (χ0v) is 19.2. The highest BCUT2D eigenvalue weighted by molar-refractivity contribution is 5.81. The molecule has 0 bridgehead atoms. The number of nitrogens with two attached hydrogens (primary N) is 1. The maximum atomic E-state index is 10.9. The fourth-order valence-electron chi connectivity index (χ4n) is 3.43. The lowest BCUT2D eigenvalue weighted by Crippen LogP contribution is -2.55. The van der Waals surface area contributed by atoms with E-state index in [1.165, 1.54) is 7.11 Å². The van der Waals surface area contributed by atoms with Crippen LogP contribution in [-0.4, -0.2) is 47.6 Å². The zero-order valence-electron chi connectivity index (χ0n) is 19.2. The lowest BCUT2D eigenvalue weighted by Gasteiger charge is -2.18. The Morgan fingerprint density at radius 1 is 1.08 bits per heavy atom. The Kier molecular flexibility index (Phi) is 8.60. The highest BCUT2D eigenvalue weighted by Crippen LogP contribution is 2.35. The van der Waals surface area contributed by atoms with Crippen LogP contribution in [0.1, 0.15) is 11.1 Å². The molecular formula is C24H24N6O6. The number of pyridine rings is 1. The van der Waals surface area contributed by atoms with Crippen LogP contribution >= 0.6 is 0 Å². The van der Waals surface area contributed by atoms with Crippen LogP contribution in [-0.2, 0) is 11.3 Å². The standard InChI is InChI=1S/C24H24N6O6/c1-35-13-36-20-8-3-2-7-16(20)19-10-17(18(11-25)21(26)28-19)15-6-4-5-14(9-15)12-27-22(29-23(31)32)30-24(33)34/h2-10,22,27,29-30H,12-13H2,1H3,(H2,26,28)(H,31,32)(H,33,34). The molecule has 0 radical (unpaired) electrons. The van der Waals surface area contributed by atoms with Crippen LogP contribution in [0.15, 0.2) is 54.6 Å². The van der Waals surface area contributed by atoms with E-state index in [2.05, 4.69) is 16.4 Å². The molecule has 0 saturated carbocycles. The molecule has 0 unspecified atom stereocenters. The summed E-state index contributed by atoms with van der Waals surface area (Å²) in [5, 5.41) is 34.4. The van der Waals surface area contributed by atoms with E-state index in [4.69, 9.17) is 25.4 Å². The molecule has 0 spiro atoms. The van der Waals surface area contributed by atoms with Crippen molar-refractivity contribution in [2.45, 2.75) is 12.8 Å². The minimum Gasteiger partial charge on any atom is -0.467 e. The van der Waals surface area contributed by atoms with E-state index in [1.54, 1.807) is 36.4 Å². The van der Waals surface area contributed by atoms with Gasteiger partial charge in [0.15, 0.2) is 13.1 Å². The summed E-state index contributed by atoms with van der Waals surface area (Å²) in [4.78, 5) is 26.3. The number of carbonyl (C=O) groups is 2. The Morgan fingerprint density at radius 3 is 2.47 bits per heavy atom. The van der Waals surface area contributed by atoms with Crippen molar-refractivity contribution in [2.75, 3.05) is 19.6 Å². The second kappa shape index (κ2) is 12.0. The van der Waals surface area contributed by atoms with E-state index < -0.39 is 18.5 Å². The molecule has 3 aromatic rings. The normalized spacial score (nSPS) is 10.5. The monoisotopic (exact) mass is 492 g/mol. The predicted molar refractivity (Wildman–Crippen MR) is 130 cm³/mol. The third-order valence-corrected chi connectivity index (χ3v) is 4.94. The van der Waals surface area contributed by atoms with Gasteiger partial charge in [-0.2, -0.15) is 5.26 Å². The third kappa shape index (κ3) is 6.60. The van der Waals surface area contributed by atoms with Gasteiger partial charge < -0.3 is 25.4 Å². The first-order valence-corrected chi connectivity index (χ1v) is 10.6. The number of hydrogen-bond acceptors (Lipinski definition) is 8. The Bertz CT molecular complexity index is 1280. The molecule has 0 atom stereocenters. The number of nitrogen functional groups attached to an aromatic ring is 1. The Hall–Kier alpha value is -4.86. The number of anilines is 1. The van der Waals surface area contributed by atoms with Crippen molar-refractivity contribution >= 4 is 18.0 Å². The molecule has 0 aliphatic rings. The van der Waals surface area contributed by atoms with E-state index in [9.17, 15) is 14.9 Å². The van der Waals surface area contributed by atoms with Gasteiger partial charge in [0, 0.05) is 24.8 Å². The van der Waals surface area contributed by atoms with Gasteiger partial charge >= 0.3 is 12.2 Å². The number of aromatic nitrogens is 1. The number of nitriles is 1. The van der Waals surface area contributed by atoms with Crippen molar-refractivity contribution in [2.24, 2.45) is 0 Å². The molecule has 12 nitrogen and oxygen atoms in total. The van der Waals surface area contributed by atoms with Crippen molar-refractivity contribution in [3.05, 3.63) is 65.7 Å². The number of carboxylic acid groups (broad SMARTS) is 2.